The van der Waals surface area contributed by atoms with Crippen molar-refractivity contribution >= 4 is 17.8 Å². The van der Waals surface area contributed by atoms with Crippen LogP contribution >= 0.6 is 0 Å². The molecule has 0 spiro atoms. The minimum absolute atomic E-state index is 0.187. The summed E-state index contributed by atoms with van der Waals surface area (Å²) in [6.07, 6.45) is 0.718. The summed E-state index contributed by atoms with van der Waals surface area (Å²) in [4.78, 5) is 33.4. The van der Waals surface area contributed by atoms with Crippen LogP contribution in [0.25, 0.3) is 0 Å². The monoisotopic (exact) mass is 369 g/mol. The normalized spacial score (nSPS) is 12.8. The van der Waals surface area contributed by atoms with Crippen LogP contribution in [-0.2, 0) is 14.4 Å². The lowest BCUT2D eigenvalue weighted by Crippen LogP contribution is -2.31. The molecule has 1 aromatic heterocycles. The van der Waals surface area contributed by atoms with Gasteiger partial charge in [0.25, 0.3) is 0 Å². The number of carbonyl (C=O) groups is 2. The van der Waals surface area contributed by atoms with E-state index in [1.165, 1.54) is 6.20 Å². The molecule has 1 atom stereocenters. The van der Waals surface area contributed by atoms with Gasteiger partial charge < -0.3 is 10.1 Å². The van der Waals surface area contributed by atoms with Gasteiger partial charge in [0, 0.05) is 6.20 Å². The van der Waals surface area contributed by atoms with Gasteiger partial charge in [-0.1, -0.05) is 41.6 Å². The van der Waals surface area contributed by atoms with Crippen LogP contribution in [0, 0.1) is 0 Å². The van der Waals surface area contributed by atoms with Crippen LogP contribution in [0.4, 0.5) is 4.79 Å². The molecule has 0 radical (unpaired) electrons. The Morgan fingerprint density at radius 1 is 1.07 bits per heavy atom. The summed E-state index contributed by atoms with van der Waals surface area (Å²) >= 11 is 0. The molecule has 0 bridgehead atoms. The lowest BCUT2D eigenvalue weighted by atomic mass is 10.1. The molecule has 7 nitrogen and oxygen atoms in total. The minimum Gasteiger partial charge on any atom is -0.455 e. The summed E-state index contributed by atoms with van der Waals surface area (Å²) in [7, 11) is 0. The van der Waals surface area contributed by atoms with E-state index in [0.717, 1.165) is 5.56 Å². The van der Waals surface area contributed by atoms with Gasteiger partial charge in [0.2, 0.25) is 5.71 Å². The maximum absolute atomic E-state index is 12.4. The average Bonchev–Trinajstić information content (AvgIpc) is 2.62. The lowest BCUT2D eigenvalue weighted by molar-refractivity contribution is -0.146. The van der Waals surface area contributed by atoms with E-state index >= 15 is 0 Å². The fraction of sp³-hybridized carbons (Fsp3) is 0.300. The maximum Gasteiger partial charge on any atom is 0.433 e. The van der Waals surface area contributed by atoms with E-state index in [2.05, 4.69) is 15.5 Å². The first kappa shape index (κ1) is 20.1. The Labute approximate surface area is 158 Å². The van der Waals surface area contributed by atoms with Crippen LogP contribution in [-0.4, -0.2) is 28.4 Å². The number of pyridine rings is 1. The predicted molar refractivity (Wildman–Crippen MR) is 101 cm³/mol. The first-order valence-corrected chi connectivity index (χ1v) is 8.51. The minimum atomic E-state index is -0.789. The first-order valence-electron chi connectivity index (χ1n) is 8.51. The van der Waals surface area contributed by atoms with Crippen LogP contribution in [0.2, 0.25) is 0 Å². The van der Waals surface area contributed by atoms with E-state index in [0.29, 0.717) is 0 Å². The molecule has 0 saturated carbocycles. The second-order valence-corrected chi connectivity index (χ2v) is 6.81. The molecule has 142 valence electrons. The van der Waals surface area contributed by atoms with Crippen LogP contribution in [0.5, 0.6) is 0 Å². The van der Waals surface area contributed by atoms with Gasteiger partial charge in [-0.25, -0.2) is 9.59 Å². The number of esters is 1. The number of oxime groups is 1. The maximum atomic E-state index is 12.4. The number of benzene rings is 1. The van der Waals surface area contributed by atoms with E-state index in [1.54, 1.807) is 39.0 Å². The van der Waals surface area contributed by atoms with E-state index in [-0.39, 0.29) is 17.4 Å². The molecule has 1 aromatic carbocycles. The van der Waals surface area contributed by atoms with Crippen LogP contribution < -0.4 is 5.32 Å². The van der Waals surface area contributed by atoms with Crippen molar-refractivity contribution in [3.8, 4) is 0 Å². The van der Waals surface area contributed by atoms with Gasteiger partial charge in [0.05, 0.1) is 11.7 Å². The third-order valence-corrected chi connectivity index (χ3v) is 3.35. The summed E-state index contributed by atoms with van der Waals surface area (Å²) in [5.41, 5.74) is 0.246. The smallest absolute Gasteiger partial charge is 0.433 e. The fourth-order valence-corrected chi connectivity index (χ4v) is 2.13. The molecule has 1 amide bonds. The van der Waals surface area contributed by atoms with E-state index in [9.17, 15) is 9.59 Å². The Morgan fingerprint density at radius 2 is 1.74 bits per heavy atom. The van der Waals surface area contributed by atoms with Gasteiger partial charge in [0.1, 0.15) is 5.60 Å². The number of aromatic nitrogens is 1. The largest absolute Gasteiger partial charge is 0.455 e. The number of hydrogen-bond acceptors (Lipinski definition) is 6. The first-order chi connectivity index (χ1) is 12.8. The van der Waals surface area contributed by atoms with Gasteiger partial charge in [-0.3, -0.25) is 9.82 Å². The van der Waals surface area contributed by atoms with Crippen molar-refractivity contribution in [2.75, 3.05) is 0 Å². The van der Waals surface area contributed by atoms with E-state index in [1.807, 2.05) is 37.3 Å². The molecule has 27 heavy (non-hydrogen) atoms. The number of rotatable bonds is 5. The van der Waals surface area contributed by atoms with Crippen molar-refractivity contribution in [3.05, 3.63) is 66.0 Å². The third-order valence-electron chi connectivity index (χ3n) is 3.35. The molecule has 1 heterocycles. The number of carbonyl (C=O) groups excluding carboxylic acids is 2. The zero-order valence-electron chi connectivity index (χ0n) is 15.8. The molecule has 0 saturated heterocycles. The SMILES string of the molecule is C[C@H](NC(=O)O/N=C(/C(=O)OC(C)(C)C)c1ccccn1)c1ccccc1. The summed E-state index contributed by atoms with van der Waals surface area (Å²) < 4.78 is 5.32. The standard InChI is InChI=1S/C20H23N3O4/c1-14(15-10-6-5-7-11-15)22-19(25)27-23-17(16-12-8-9-13-21-16)18(24)26-20(2,3)4/h5-14H,1-4H3,(H,22,25)/b23-17+/t14-/m0/s1. The van der Waals surface area contributed by atoms with Crippen molar-refractivity contribution < 1.29 is 19.2 Å². The number of ether oxygens (including phenoxy) is 1. The van der Waals surface area contributed by atoms with E-state index in [4.69, 9.17) is 9.57 Å². The summed E-state index contributed by atoms with van der Waals surface area (Å²) in [6.45, 7) is 7.01. The van der Waals surface area contributed by atoms with Crippen molar-refractivity contribution in [1.29, 1.82) is 0 Å². The van der Waals surface area contributed by atoms with Crippen LogP contribution in [0.15, 0.2) is 59.9 Å². The highest BCUT2D eigenvalue weighted by Crippen LogP contribution is 2.12. The highest BCUT2D eigenvalue weighted by Gasteiger charge is 2.24. The number of nitrogens with zero attached hydrogens (tertiary/aromatic N) is 2. The zero-order valence-corrected chi connectivity index (χ0v) is 15.8. The van der Waals surface area contributed by atoms with Crippen molar-refractivity contribution in [1.82, 2.24) is 10.3 Å². The molecular formula is C20H23N3O4. The third kappa shape index (κ3) is 6.54. The van der Waals surface area contributed by atoms with Gasteiger partial charge in [-0.05, 0) is 45.4 Å². The molecule has 7 heteroatoms. The van der Waals surface area contributed by atoms with Gasteiger partial charge >= 0.3 is 12.1 Å². The summed E-state index contributed by atoms with van der Waals surface area (Å²) in [5, 5.41) is 6.34. The fourth-order valence-electron chi connectivity index (χ4n) is 2.13. The molecular weight excluding hydrogens is 346 g/mol. The van der Waals surface area contributed by atoms with E-state index < -0.39 is 17.7 Å². The molecule has 0 fully saturated rings. The Bertz CT molecular complexity index is 799. The quantitative estimate of drug-likeness (QED) is 0.376. The Morgan fingerprint density at radius 3 is 2.33 bits per heavy atom. The average molecular weight is 369 g/mol. The molecule has 0 unspecified atom stereocenters. The molecule has 0 aliphatic rings. The lowest BCUT2D eigenvalue weighted by Gasteiger charge is -2.19. The summed E-state index contributed by atoms with van der Waals surface area (Å²) in [6, 6.07) is 14.1. The molecule has 2 aromatic rings. The molecule has 1 N–H and O–H groups in total. The van der Waals surface area contributed by atoms with Crippen molar-refractivity contribution in [3.63, 3.8) is 0 Å². The highest BCUT2D eigenvalue weighted by atomic mass is 16.7. The van der Waals surface area contributed by atoms with Gasteiger partial charge in [0.15, 0.2) is 0 Å². The Balaban J connectivity index is 2.12. The number of amides is 1. The number of nitrogens with one attached hydrogen (secondary N) is 1. The topological polar surface area (TPSA) is 89.9 Å². The summed E-state index contributed by atoms with van der Waals surface area (Å²) in [5.74, 6) is -0.731. The molecule has 2 rings (SSSR count). The Hall–Kier alpha value is -3.22. The van der Waals surface area contributed by atoms with Crippen molar-refractivity contribution in [2.45, 2.75) is 39.3 Å². The zero-order chi connectivity index (χ0) is 19.9. The van der Waals surface area contributed by atoms with Gasteiger partial charge in [-0.15, -0.1) is 0 Å². The predicted octanol–water partition coefficient (Wildman–Crippen LogP) is 3.61. The molecule has 0 aliphatic carbocycles. The van der Waals surface area contributed by atoms with Crippen LogP contribution in [0.3, 0.4) is 0 Å². The van der Waals surface area contributed by atoms with Crippen molar-refractivity contribution in [2.24, 2.45) is 5.16 Å². The highest BCUT2D eigenvalue weighted by molar-refractivity contribution is 6.42. The van der Waals surface area contributed by atoms with Crippen LogP contribution in [0.1, 0.15) is 45.0 Å². The Kier molecular flexibility index (Phi) is 6.65. The molecule has 0 aliphatic heterocycles. The second kappa shape index (κ2) is 8.93. The van der Waals surface area contributed by atoms with Gasteiger partial charge in [-0.2, -0.15) is 0 Å². The second-order valence-electron chi connectivity index (χ2n) is 6.81. The number of hydrogen-bond donors (Lipinski definition) is 1.